The summed E-state index contributed by atoms with van der Waals surface area (Å²) in [5.41, 5.74) is 0. The zero-order valence-electron chi connectivity index (χ0n) is 37.4. The number of aliphatic hydroxyl groups is 4. The number of esters is 2. The minimum atomic E-state index is -5.30. The Hall–Kier alpha value is -1.00. The normalized spacial score (nSPS) is 22.2. The van der Waals surface area contributed by atoms with Crippen LogP contribution in [-0.4, -0.2) is 103 Å². The van der Waals surface area contributed by atoms with Crippen LogP contribution in [0.4, 0.5) is 0 Å². The minimum Gasteiger partial charge on any atom is -0.462 e. The van der Waals surface area contributed by atoms with Crippen molar-refractivity contribution in [2.45, 2.75) is 249 Å². The Bertz CT molecular complexity index is 1190. The number of hydrogen-bond donors (Lipinski definition) is 7. The third kappa shape index (κ3) is 30.0. The van der Waals surface area contributed by atoms with E-state index in [1.165, 1.54) is 116 Å². The molecule has 7 N–H and O–H groups in total. The first-order chi connectivity index (χ1) is 29.1. The number of ether oxygens (including phenoxy) is 2. The van der Waals surface area contributed by atoms with Crippen LogP contribution in [0.3, 0.4) is 0 Å². The van der Waals surface area contributed by atoms with E-state index in [9.17, 15) is 44.0 Å². The minimum absolute atomic E-state index is 0.0586. The SMILES string of the molecule is CCCCCCCCCCCCCCCCCC(=O)O[C@H](COC(=O)CCCCCCCCCCCCCCC)COP(=O)(O)OC1[C@H](O)[C@H](O)C(OP(=O)(O)O)[C@H](O)[C@H]1O. The second kappa shape index (κ2) is 35.3. The molecule has 0 heterocycles. The highest BCUT2D eigenvalue weighted by atomic mass is 31.2. The van der Waals surface area contributed by atoms with Crippen molar-refractivity contribution >= 4 is 27.6 Å². The molecule has 1 rings (SSSR count). The molecule has 0 aromatic rings. The summed E-state index contributed by atoms with van der Waals surface area (Å²) < 4.78 is 49.1. The highest BCUT2D eigenvalue weighted by Crippen LogP contribution is 2.48. The summed E-state index contributed by atoms with van der Waals surface area (Å²) in [7, 11) is -10.6. The number of carbonyl (C=O) groups excluding carboxylic acids is 2. The third-order valence-corrected chi connectivity index (χ3v) is 12.7. The van der Waals surface area contributed by atoms with E-state index in [0.29, 0.717) is 12.8 Å². The number of aliphatic hydroxyl groups excluding tert-OH is 4. The lowest BCUT2D eigenvalue weighted by Crippen LogP contribution is -2.64. The second-order valence-electron chi connectivity index (χ2n) is 16.8. The Kier molecular flexibility index (Phi) is 33.6. The van der Waals surface area contributed by atoms with Gasteiger partial charge in [-0.2, -0.15) is 0 Å². The van der Waals surface area contributed by atoms with Crippen LogP contribution < -0.4 is 0 Å². The second-order valence-corrected chi connectivity index (χ2v) is 19.4. The van der Waals surface area contributed by atoms with Crippen molar-refractivity contribution in [3.05, 3.63) is 0 Å². The van der Waals surface area contributed by atoms with Gasteiger partial charge in [-0.05, 0) is 12.8 Å². The number of hydrogen-bond acceptors (Lipinski definition) is 13. The van der Waals surface area contributed by atoms with Crippen molar-refractivity contribution < 1.29 is 76.9 Å². The van der Waals surface area contributed by atoms with Gasteiger partial charge in [0.25, 0.3) is 0 Å². The van der Waals surface area contributed by atoms with E-state index in [4.69, 9.17) is 28.3 Å². The lowest BCUT2D eigenvalue weighted by atomic mass is 9.85. The van der Waals surface area contributed by atoms with Crippen LogP contribution in [0.1, 0.15) is 206 Å². The van der Waals surface area contributed by atoms with Crippen LogP contribution in [0.5, 0.6) is 0 Å². The highest BCUT2D eigenvalue weighted by Gasteiger charge is 2.54. The zero-order chi connectivity index (χ0) is 45.4. The fourth-order valence-electron chi connectivity index (χ4n) is 7.50. The van der Waals surface area contributed by atoms with Gasteiger partial charge in [-0.1, -0.05) is 181 Å². The molecule has 0 aromatic carbocycles. The molecule has 0 saturated heterocycles. The topological polar surface area (TPSA) is 256 Å². The maximum Gasteiger partial charge on any atom is 0.472 e. The first kappa shape index (κ1) is 58.0. The summed E-state index contributed by atoms with van der Waals surface area (Å²) in [6.45, 7) is 3.15. The van der Waals surface area contributed by atoms with E-state index >= 15 is 0 Å². The summed E-state index contributed by atoms with van der Waals surface area (Å²) in [4.78, 5) is 54.0. The van der Waals surface area contributed by atoms with Gasteiger partial charge < -0.3 is 44.6 Å². The summed E-state index contributed by atoms with van der Waals surface area (Å²) in [6, 6.07) is 0. The fraction of sp³-hybridized carbons (Fsp3) is 0.953. The molecule has 8 atom stereocenters. The largest absolute Gasteiger partial charge is 0.472 e. The molecule has 1 saturated carbocycles. The van der Waals surface area contributed by atoms with Crippen molar-refractivity contribution in [3.8, 4) is 0 Å². The maximum atomic E-state index is 12.9. The van der Waals surface area contributed by atoms with E-state index in [1.54, 1.807) is 0 Å². The first-order valence-corrected chi connectivity index (χ1v) is 26.6. The van der Waals surface area contributed by atoms with Gasteiger partial charge in [0.2, 0.25) is 0 Å². The van der Waals surface area contributed by atoms with E-state index in [2.05, 4.69) is 18.4 Å². The van der Waals surface area contributed by atoms with Gasteiger partial charge >= 0.3 is 27.6 Å². The molecule has 0 radical (unpaired) electrons. The molecule has 0 aliphatic heterocycles. The van der Waals surface area contributed by atoms with Gasteiger partial charge in [0.15, 0.2) is 6.10 Å². The summed E-state index contributed by atoms with van der Waals surface area (Å²) in [6.07, 6.45) is 17.9. The summed E-state index contributed by atoms with van der Waals surface area (Å²) >= 11 is 0. The average molecular weight is 919 g/mol. The molecule has 0 amide bonds. The Balaban J connectivity index is 2.57. The van der Waals surface area contributed by atoms with Crippen LogP contribution in [-0.2, 0) is 41.8 Å². The fourth-order valence-corrected chi connectivity index (χ4v) is 9.04. The average Bonchev–Trinajstić information content (AvgIpc) is 3.21. The monoisotopic (exact) mass is 919 g/mol. The Morgan fingerprint density at radius 1 is 0.459 bits per heavy atom. The third-order valence-electron chi connectivity index (χ3n) is 11.2. The Labute approximate surface area is 366 Å². The molecule has 16 nitrogen and oxygen atoms in total. The molecule has 61 heavy (non-hydrogen) atoms. The highest BCUT2D eigenvalue weighted by molar-refractivity contribution is 7.47. The van der Waals surface area contributed by atoms with E-state index in [1.807, 2.05) is 0 Å². The molecule has 18 heteroatoms. The quantitative estimate of drug-likeness (QED) is 0.0172. The van der Waals surface area contributed by atoms with Crippen LogP contribution in [0.2, 0.25) is 0 Å². The van der Waals surface area contributed by atoms with Crippen LogP contribution in [0.15, 0.2) is 0 Å². The van der Waals surface area contributed by atoms with Crippen molar-refractivity contribution in [2.75, 3.05) is 13.2 Å². The first-order valence-electron chi connectivity index (χ1n) is 23.6. The van der Waals surface area contributed by atoms with Crippen molar-refractivity contribution in [1.29, 1.82) is 0 Å². The maximum absolute atomic E-state index is 12.9. The van der Waals surface area contributed by atoms with Gasteiger partial charge in [0, 0.05) is 12.8 Å². The number of phosphoric ester groups is 2. The van der Waals surface area contributed by atoms with Crippen molar-refractivity contribution in [1.82, 2.24) is 0 Å². The van der Waals surface area contributed by atoms with Crippen molar-refractivity contribution in [3.63, 3.8) is 0 Å². The van der Waals surface area contributed by atoms with E-state index in [0.717, 1.165) is 51.4 Å². The molecule has 3 unspecified atom stereocenters. The lowest BCUT2D eigenvalue weighted by molar-refractivity contribution is -0.216. The van der Waals surface area contributed by atoms with Gasteiger partial charge in [-0.25, -0.2) is 9.13 Å². The predicted octanol–water partition coefficient (Wildman–Crippen LogP) is 8.62. The van der Waals surface area contributed by atoms with E-state index in [-0.39, 0.29) is 12.8 Å². The van der Waals surface area contributed by atoms with Gasteiger partial charge in [0.05, 0.1) is 6.61 Å². The lowest BCUT2D eigenvalue weighted by Gasteiger charge is -2.43. The standard InChI is InChI=1S/C43H84O16P2/c1-3-5-7-9-11-13-15-17-18-20-22-24-26-28-30-32-37(45)57-35(33-55-36(44)31-29-27-25-23-21-19-16-14-12-10-8-6-4-2)34-56-61(53,54)59-43-40(48)38(46)42(39(47)41(43)49)58-60(50,51)52/h35,38-43,46-49H,3-34H2,1-2H3,(H,53,54)(H2,50,51,52)/t35-,38-,39+,40-,41-,42?,43?/m1/s1. The van der Waals surface area contributed by atoms with Crippen LogP contribution in [0, 0.1) is 0 Å². The van der Waals surface area contributed by atoms with Gasteiger partial charge in [0.1, 0.15) is 43.2 Å². The smallest absolute Gasteiger partial charge is 0.462 e. The number of carbonyl (C=O) groups is 2. The van der Waals surface area contributed by atoms with Crippen LogP contribution in [0.25, 0.3) is 0 Å². The Morgan fingerprint density at radius 3 is 1.11 bits per heavy atom. The molecular weight excluding hydrogens is 834 g/mol. The molecule has 0 bridgehead atoms. The van der Waals surface area contributed by atoms with Crippen molar-refractivity contribution in [2.24, 2.45) is 0 Å². The molecular formula is C43H84O16P2. The van der Waals surface area contributed by atoms with Gasteiger partial charge in [-0.3, -0.25) is 23.2 Å². The molecule has 1 aliphatic carbocycles. The Morgan fingerprint density at radius 2 is 0.770 bits per heavy atom. The zero-order valence-corrected chi connectivity index (χ0v) is 39.2. The number of rotatable bonds is 40. The molecule has 362 valence electrons. The molecule has 0 aromatic heterocycles. The molecule has 1 aliphatic rings. The van der Waals surface area contributed by atoms with Crippen LogP contribution >= 0.6 is 15.6 Å². The predicted molar refractivity (Wildman–Crippen MR) is 232 cm³/mol. The summed E-state index contributed by atoms with van der Waals surface area (Å²) in [5, 5.41) is 41.4. The molecule has 0 spiro atoms. The number of unbranched alkanes of at least 4 members (excludes halogenated alkanes) is 26. The summed E-state index contributed by atoms with van der Waals surface area (Å²) in [5.74, 6) is -1.18. The number of phosphoric acid groups is 2. The van der Waals surface area contributed by atoms with E-state index < -0.39 is 83.5 Å². The van der Waals surface area contributed by atoms with Gasteiger partial charge in [-0.15, -0.1) is 0 Å². The molecule has 1 fully saturated rings.